The molecule has 6 rings (SSSR count). The molecule has 0 bridgehead atoms. The van der Waals surface area contributed by atoms with Crippen LogP contribution < -0.4 is 16.4 Å². The molecule has 200 valence electrons. The first-order valence-electron chi connectivity index (χ1n) is 13.0. The number of fused-ring (bicyclic) bond motifs is 2. The van der Waals surface area contributed by atoms with Gasteiger partial charge in [-0.1, -0.05) is 12.1 Å². The van der Waals surface area contributed by atoms with Gasteiger partial charge in [-0.15, -0.1) is 0 Å². The molecule has 1 aliphatic carbocycles. The summed E-state index contributed by atoms with van der Waals surface area (Å²) < 4.78 is 22.7. The van der Waals surface area contributed by atoms with Gasteiger partial charge in [-0.3, -0.25) is 10.00 Å². The summed E-state index contributed by atoms with van der Waals surface area (Å²) in [6.45, 7) is 2.37. The van der Waals surface area contributed by atoms with Gasteiger partial charge in [0, 0.05) is 22.7 Å². The number of amides is 1. The third-order valence-electron chi connectivity index (χ3n) is 7.18. The van der Waals surface area contributed by atoms with E-state index < -0.39 is 6.09 Å². The number of nitrogens with zero attached hydrogens (tertiary/aromatic N) is 5. The minimum absolute atomic E-state index is 0.118. The van der Waals surface area contributed by atoms with Crippen LogP contribution in [0.3, 0.4) is 0 Å². The Balaban J connectivity index is 1.19. The number of nitrogens with two attached hydrogens (primary N) is 1. The van der Waals surface area contributed by atoms with Crippen molar-refractivity contribution in [2.75, 3.05) is 10.6 Å². The molecule has 5 aromatic rings. The van der Waals surface area contributed by atoms with Crippen molar-refractivity contribution in [2.24, 2.45) is 5.73 Å². The largest absolute Gasteiger partial charge is 0.446 e. The van der Waals surface area contributed by atoms with E-state index in [-0.39, 0.29) is 18.0 Å². The van der Waals surface area contributed by atoms with Crippen LogP contribution in [0.5, 0.6) is 0 Å². The number of carbonyl (C=O) groups excluding carboxylic acids is 1. The second-order valence-electron chi connectivity index (χ2n) is 9.97. The van der Waals surface area contributed by atoms with Crippen LogP contribution in [0.4, 0.5) is 26.4 Å². The van der Waals surface area contributed by atoms with E-state index in [1.807, 2.05) is 35.9 Å². The molecule has 1 saturated carbocycles. The summed E-state index contributed by atoms with van der Waals surface area (Å²) in [5, 5.41) is 16.0. The van der Waals surface area contributed by atoms with Crippen molar-refractivity contribution in [2.45, 2.75) is 51.3 Å². The molecule has 3 aromatic heterocycles. The van der Waals surface area contributed by atoms with Gasteiger partial charge in [0.2, 0.25) is 0 Å². The molecule has 11 heteroatoms. The molecule has 3 heterocycles. The Bertz CT molecular complexity index is 1650. The molecule has 1 fully saturated rings. The van der Waals surface area contributed by atoms with E-state index in [9.17, 15) is 9.18 Å². The third kappa shape index (κ3) is 5.26. The van der Waals surface area contributed by atoms with E-state index in [1.165, 1.54) is 18.5 Å². The Kier molecular flexibility index (Phi) is 6.57. The lowest BCUT2D eigenvalue weighted by molar-refractivity contribution is 0.0826. The number of benzene rings is 2. The standard InChI is InChI=1S/C28H29FN8O2/c1-17-24(35-28(38)39-23-8-5-21(30)6-9-23)15-37-26(17)27(31-16-33-37)34-22-7-10-25-19(12-22)13-32-36(25)14-18-3-2-4-20(29)11-18/h2-4,7,10-13,15-16,21,23H,5-6,8-9,14,30H2,1H3,(H,35,38)(H,31,33,34). The molecule has 0 spiro atoms. The molecular weight excluding hydrogens is 499 g/mol. The van der Waals surface area contributed by atoms with Crippen molar-refractivity contribution in [3.8, 4) is 0 Å². The van der Waals surface area contributed by atoms with Crippen LogP contribution in [0.15, 0.2) is 61.2 Å². The molecule has 10 nitrogen and oxygen atoms in total. The Morgan fingerprint density at radius 1 is 1.15 bits per heavy atom. The lowest BCUT2D eigenvalue weighted by Gasteiger charge is -2.25. The zero-order chi connectivity index (χ0) is 26.9. The van der Waals surface area contributed by atoms with Crippen LogP contribution in [0.2, 0.25) is 0 Å². The number of ether oxygens (including phenoxy) is 1. The van der Waals surface area contributed by atoms with Crippen molar-refractivity contribution >= 4 is 39.7 Å². The molecule has 0 saturated heterocycles. The fraction of sp³-hybridized carbons (Fsp3) is 0.286. The molecule has 1 amide bonds. The highest BCUT2D eigenvalue weighted by Gasteiger charge is 2.23. The topological polar surface area (TPSA) is 124 Å². The van der Waals surface area contributed by atoms with E-state index in [1.54, 1.807) is 23.0 Å². The van der Waals surface area contributed by atoms with Gasteiger partial charge in [0.1, 0.15) is 23.8 Å². The molecule has 4 N–H and O–H groups in total. The van der Waals surface area contributed by atoms with Crippen molar-refractivity contribution in [3.63, 3.8) is 0 Å². The second kappa shape index (κ2) is 10.3. The maximum absolute atomic E-state index is 13.6. The van der Waals surface area contributed by atoms with Gasteiger partial charge in [0.25, 0.3) is 0 Å². The zero-order valence-electron chi connectivity index (χ0n) is 21.5. The Hall–Kier alpha value is -4.51. The molecule has 39 heavy (non-hydrogen) atoms. The van der Waals surface area contributed by atoms with E-state index in [0.29, 0.717) is 18.1 Å². The highest BCUT2D eigenvalue weighted by Crippen LogP contribution is 2.30. The predicted molar refractivity (Wildman–Crippen MR) is 147 cm³/mol. The van der Waals surface area contributed by atoms with Gasteiger partial charge in [-0.05, 0) is 68.5 Å². The third-order valence-corrected chi connectivity index (χ3v) is 7.18. The van der Waals surface area contributed by atoms with Gasteiger partial charge in [0.15, 0.2) is 5.82 Å². The minimum atomic E-state index is -0.488. The number of aryl methyl sites for hydroxylation is 1. The van der Waals surface area contributed by atoms with E-state index in [4.69, 9.17) is 10.5 Å². The summed E-state index contributed by atoms with van der Waals surface area (Å²) >= 11 is 0. The van der Waals surface area contributed by atoms with E-state index in [2.05, 4.69) is 25.8 Å². The Morgan fingerprint density at radius 2 is 2.00 bits per heavy atom. The van der Waals surface area contributed by atoms with Crippen LogP contribution >= 0.6 is 0 Å². The SMILES string of the molecule is Cc1c(NC(=O)OC2CCC(N)CC2)cn2ncnc(Nc3ccc4c(cnn4Cc4cccc(F)c4)c3)c12. The van der Waals surface area contributed by atoms with Gasteiger partial charge >= 0.3 is 6.09 Å². The highest BCUT2D eigenvalue weighted by molar-refractivity contribution is 5.91. The van der Waals surface area contributed by atoms with Gasteiger partial charge in [0.05, 0.1) is 30.1 Å². The van der Waals surface area contributed by atoms with Gasteiger partial charge in [-0.2, -0.15) is 10.2 Å². The van der Waals surface area contributed by atoms with Crippen LogP contribution in [-0.4, -0.2) is 42.6 Å². The number of halogens is 1. The molecule has 0 radical (unpaired) electrons. The van der Waals surface area contributed by atoms with Crippen LogP contribution in [-0.2, 0) is 11.3 Å². The second-order valence-corrected chi connectivity index (χ2v) is 9.97. The zero-order valence-corrected chi connectivity index (χ0v) is 21.5. The first kappa shape index (κ1) is 24.8. The van der Waals surface area contributed by atoms with E-state index in [0.717, 1.165) is 58.9 Å². The minimum Gasteiger partial charge on any atom is -0.446 e. The van der Waals surface area contributed by atoms with Crippen molar-refractivity contribution in [1.82, 2.24) is 24.4 Å². The van der Waals surface area contributed by atoms with Crippen LogP contribution in [0.1, 0.15) is 36.8 Å². The average Bonchev–Trinajstić information content (AvgIpc) is 3.46. The number of nitrogens with one attached hydrogen (secondary N) is 2. The Morgan fingerprint density at radius 3 is 2.82 bits per heavy atom. The van der Waals surface area contributed by atoms with Crippen molar-refractivity contribution in [1.29, 1.82) is 0 Å². The molecule has 0 aliphatic heterocycles. The van der Waals surface area contributed by atoms with Gasteiger partial charge in [-0.25, -0.2) is 18.7 Å². The lowest BCUT2D eigenvalue weighted by atomic mass is 9.94. The molecule has 0 unspecified atom stereocenters. The maximum atomic E-state index is 13.6. The number of carbonyl (C=O) groups is 1. The van der Waals surface area contributed by atoms with Crippen LogP contribution in [0.25, 0.3) is 16.4 Å². The fourth-order valence-electron chi connectivity index (χ4n) is 5.11. The summed E-state index contributed by atoms with van der Waals surface area (Å²) in [6.07, 6.45) is 7.65. The first-order valence-corrected chi connectivity index (χ1v) is 13.0. The number of rotatable bonds is 6. The summed E-state index contributed by atoms with van der Waals surface area (Å²) in [6, 6.07) is 12.6. The van der Waals surface area contributed by atoms with Gasteiger partial charge < -0.3 is 15.8 Å². The predicted octanol–water partition coefficient (Wildman–Crippen LogP) is 5.14. The van der Waals surface area contributed by atoms with E-state index >= 15 is 0 Å². The molecule has 1 aliphatic rings. The summed E-state index contributed by atoms with van der Waals surface area (Å²) in [5.74, 6) is 0.327. The van der Waals surface area contributed by atoms with Crippen LogP contribution in [0, 0.1) is 12.7 Å². The number of anilines is 3. The molecular formula is C28H29FN8O2. The number of hydrogen-bond donors (Lipinski definition) is 3. The summed E-state index contributed by atoms with van der Waals surface area (Å²) in [7, 11) is 0. The Labute approximate surface area is 224 Å². The normalized spacial score (nSPS) is 17.4. The molecule has 0 atom stereocenters. The van der Waals surface area contributed by atoms with Crippen molar-refractivity contribution < 1.29 is 13.9 Å². The number of hydrogen-bond acceptors (Lipinski definition) is 7. The highest BCUT2D eigenvalue weighted by atomic mass is 19.1. The summed E-state index contributed by atoms with van der Waals surface area (Å²) in [4.78, 5) is 17.0. The maximum Gasteiger partial charge on any atom is 0.411 e. The average molecular weight is 529 g/mol. The van der Waals surface area contributed by atoms with Crippen molar-refractivity contribution in [3.05, 3.63) is 78.1 Å². The quantitative estimate of drug-likeness (QED) is 0.279. The lowest BCUT2D eigenvalue weighted by Crippen LogP contribution is -2.32. The monoisotopic (exact) mass is 528 g/mol. The smallest absolute Gasteiger partial charge is 0.411 e. The first-order chi connectivity index (χ1) is 18.9. The fourth-order valence-corrected chi connectivity index (χ4v) is 5.11. The number of aromatic nitrogens is 5. The summed E-state index contributed by atoms with van der Waals surface area (Å²) in [5.41, 5.74) is 10.7. The molecule has 2 aromatic carbocycles.